The van der Waals surface area contributed by atoms with Crippen LogP contribution in [0.4, 0.5) is 0 Å². The van der Waals surface area contributed by atoms with Crippen molar-refractivity contribution in [1.82, 2.24) is 4.90 Å². The Morgan fingerprint density at radius 3 is 1.93 bits per heavy atom. The van der Waals surface area contributed by atoms with Gasteiger partial charge < -0.3 is 9.47 Å². The molecule has 0 spiro atoms. The van der Waals surface area contributed by atoms with E-state index in [2.05, 4.69) is 32.7 Å². The van der Waals surface area contributed by atoms with Crippen molar-refractivity contribution in [1.29, 1.82) is 0 Å². The molecule has 1 fully saturated rings. The van der Waals surface area contributed by atoms with Crippen molar-refractivity contribution in [2.45, 2.75) is 45.1 Å². The molecule has 1 rings (SSSR count). The standard InChI is InChI=1S/C11H23NO2/c1-7(2)9-11(14-6)10(13-5)8(3)12(9)4/h7-11H,1-6H3/t8-,9-,10+,11+/m1/s1. The van der Waals surface area contributed by atoms with Crippen LogP contribution in [-0.4, -0.2) is 50.5 Å². The van der Waals surface area contributed by atoms with E-state index in [1.165, 1.54) is 0 Å². The highest BCUT2D eigenvalue weighted by Gasteiger charge is 2.46. The molecule has 0 bridgehead atoms. The summed E-state index contributed by atoms with van der Waals surface area (Å²) in [5, 5.41) is 0. The van der Waals surface area contributed by atoms with Gasteiger partial charge in [-0.2, -0.15) is 0 Å². The lowest BCUT2D eigenvalue weighted by molar-refractivity contribution is -0.0315. The number of likely N-dealkylation sites (tertiary alicyclic amines) is 1. The molecule has 1 saturated heterocycles. The lowest BCUT2D eigenvalue weighted by Gasteiger charge is -2.28. The molecule has 4 atom stereocenters. The molecule has 84 valence electrons. The largest absolute Gasteiger partial charge is 0.377 e. The Bertz CT molecular complexity index is 184. The first-order valence-corrected chi connectivity index (χ1v) is 5.32. The molecule has 0 aliphatic carbocycles. The van der Waals surface area contributed by atoms with Gasteiger partial charge in [0.15, 0.2) is 0 Å². The second kappa shape index (κ2) is 4.60. The summed E-state index contributed by atoms with van der Waals surface area (Å²) in [6.07, 6.45) is 0.386. The first-order chi connectivity index (χ1) is 6.54. The highest BCUT2D eigenvalue weighted by atomic mass is 16.5. The summed E-state index contributed by atoms with van der Waals surface area (Å²) in [6.45, 7) is 6.67. The van der Waals surface area contributed by atoms with Gasteiger partial charge in [0.25, 0.3) is 0 Å². The summed E-state index contributed by atoms with van der Waals surface area (Å²) < 4.78 is 11.1. The van der Waals surface area contributed by atoms with Gasteiger partial charge in [0.2, 0.25) is 0 Å². The molecule has 0 saturated carbocycles. The summed E-state index contributed by atoms with van der Waals surface area (Å²) in [5.41, 5.74) is 0. The number of rotatable bonds is 3. The Hall–Kier alpha value is -0.120. The van der Waals surface area contributed by atoms with Gasteiger partial charge in [0.05, 0.1) is 6.10 Å². The van der Waals surface area contributed by atoms with E-state index in [0.29, 0.717) is 18.0 Å². The van der Waals surface area contributed by atoms with Crippen molar-refractivity contribution in [2.75, 3.05) is 21.3 Å². The van der Waals surface area contributed by atoms with E-state index in [4.69, 9.17) is 9.47 Å². The number of ether oxygens (including phenoxy) is 2. The predicted octanol–water partition coefficient (Wildman–Crippen LogP) is 1.37. The maximum Gasteiger partial charge on any atom is 0.100 e. The minimum absolute atomic E-state index is 0.192. The fourth-order valence-electron chi connectivity index (χ4n) is 2.66. The summed E-state index contributed by atoms with van der Waals surface area (Å²) >= 11 is 0. The average molecular weight is 201 g/mol. The van der Waals surface area contributed by atoms with Gasteiger partial charge in [-0.1, -0.05) is 13.8 Å². The molecule has 3 heteroatoms. The first kappa shape index (κ1) is 12.0. The van der Waals surface area contributed by atoms with E-state index in [-0.39, 0.29) is 12.2 Å². The van der Waals surface area contributed by atoms with Gasteiger partial charge in [-0.3, -0.25) is 4.90 Å². The molecule has 0 aromatic carbocycles. The van der Waals surface area contributed by atoms with Crippen molar-refractivity contribution >= 4 is 0 Å². The predicted molar refractivity (Wildman–Crippen MR) is 57.4 cm³/mol. The average Bonchev–Trinajstić information content (AvgIpc) is 2.39. The molecule has 0 N–H and O–H groups in total. The molecule has 0 unspecified atom stereocenters. The van der Waals surface area contributed by atoms with Crippen LogP contribution < -0.4 is 0 Å². The fraction of sp³-hybridized carbons (Fsp3) is 1.00. The van der Waals surface area contributed by atoms with Gasteiger partial charge in [-0.25, -0.2) is 0 Å². The molecule has 1 heterocycles. The molecular formula is C11H23NO2. The van der Waals surface area contributed by atoms with E-state index in [1.54, 1.807) is 14.2 Å². The zero-order valence-electron chi connectivity index (χ0n) is 10.2. The normalized spacial score (nSPS) is 39.6. The Morgan fingerprint density at radius 1 is 1.07 bits per heavy atom. The Balaban J connectivity index is 2.84. The van der Waals surface area contributed by atoms with Crippen LogP contribution in [0.3, 0.4) is 0 Å². The van der Waals surface area contributed by atoms with E-state index >= 15 is 0 Å². The van der Waals surface area contributed by atoms with Crippen LogP contribution in [0.15, 0.2) is 0 Å². The Labute approximate surface area is 87.4 Å². The quantitative estimate of drug-likeness (QED) is 0.688. The molecule has 0 aromatic rings. The Morgan fingerprint density at radius 2 is 1.57 bits per heavy atom. The maximum absolute atomic E-state index is 5.56. The minimum atomic E-state index is 0.192. The van der Waals surface area contributed by atoms with Crippen molar-refractivity contribution in [3.63, 3.8) is 0 Å². The van der Waals surface area contributed by atoms with E-state index in [9.17, 15) is 0 Å². The third-order valence-electron chi connectivity index (χ3n) is 3.48. The third-order valence-corrected chi connectivity index (χ3v) is 3.48. The van der Waals surface area contributed by atoms with Crippen LogP contribution in [0.5, 0.6) is 0 Å². The maximum atomic E-state index is 5.56. The number of likely N-dealkylation sites (N-methyl/N-ethyl adjacent to an activating group) is 1. The van der Waals surface area contributed by atoms with Crippen molar-refractivity contribution in [3.05, 3.63) is 0 Å². The molecule has 0 amide bonds. The zero-order valence-corrected chi connectivity index (χ0v) is 10.2. The third kappa shape index (κ3) is 1.81. The van der Waals surface area contributed by atoms with Crippen LogP contribution in [-0.2, 0) is 9.47 Å². The molecule has 3 nitrogen and oxygen atoms in total. The summed E-state index contributed by atoms with van der Waals surface area (Å²) in [7, 11) is 5.70. The topological polar surface area (TPSA) is 21.7 Å². The van der Waals surface area contributed by atoms with Crippen LogP contribution in [0.1, 0.15) is 20.8 Å². The SMILES string of the molecule is CO[C@@H]1[C@@H](OC)[C@@H](C(C)C)N(C)[C@@H]1C. The number of nitrogens with zero attached hydrogens (tertiary/aromatic N) is 1. The van der Waals surface area contributed by atoms with Crippen molar-refractivity contribution < 1.29 is 9.47 Å². The number of methoxy groups -OCH3 is 2. The molecule has 1 aliphatic rings. The van der Waals surface area contributed by atoms with Gasteiger partial charge in [0, 0.05) is 26.3 Å². The number of hydrogen-bond donors (Lipinski definition) is 0. The monoisotopic (exact) mass is 201 g/mol. The Kier molecular flexibility index (Phi) is 3.93. The number of hydrogen-bond acceptors (Lipinski definition) is 3. The zero-order chi connectivity index (χ0) is 10.9. The summed E-state index contributed by atoms with van der Waals surface area (Å²) in [5.74, 6) is 0.590. The second-order valence-corrected chi connectivity index (χ2v) is 4.54. The van der Waals surface area contributed by atoms with Gasteiger partial charge in [0.1, 0.15) is 6.10 Å². The fourth-order valence-corrected chi connectivity index (χ4v) is 2.66. The van der Waals surface area contributed by atoms with Crippen LogP contribution >= 0.6 is 0 Å². The molecule has 14 heavy (non-hydrogen) atoms. The molecular weight excluding hydrogens is 178 g/mol. The lowest BCUT2D eigenvalue weighted by Crippen LogP contribution is -2.40. The van der Waals surface area contributed by atoms with Crippen LogP contribution in [0.2, 0.25) is 0 Å². The minimum Gasteiger partial charge on any atom is -0.377 e. The molecule has 0 aromatic heterocycles. The molecule has 0 radical (unpaired) electrons. The highest BCUT2D eigenvalue weighted by Crippen LogP contribution is 2.31. The smallest absolute Gasteiger partial charge is 0.100 e. The first-order valence-electron chi connectivity index (χ1n) is 5.32. The van der Waals surface area contributed by atoms with Gasteiger partial charge >= 0.3 is 0 Å². The van der Waals surface area contributed by atoms with Crippen molar-refractivity contribution in [2.24, 2.45) is 5.92 Å². The summed E-state index contributed by atoms with van der Waals surface area (Å²) in [4.78, 5) is 2.37. The van der Waals surface area contributed by atoms with Crippen LogP contribution in [0.25, 0.3) is 0 Å². The highest BCUT2D eigenvalue weighted by molar-refractivity contribution is 5.00. The van der Waals surface area contributed by atoms with E-state index < -0.39 is 0 Å². The van der Waals surface area contributed by atoms with E-state index in [1.807, 2.05) is 0 Å². The second-order valence-electron chi connectivity index (χ2n) is 4.54. The van der Waals surface area contributed by atoms with Gasteiger partial charge in [-0.05, 0) is 19.9 Å². The lowest BCUT2D eigenvalue weighted by atomic mass is 9.98. The summed E-state index contributed by atoms with van der Waals surface area (Å²) in [6, 6.07) is 0.886. The van der Waals surface area contributed by atoms with E-state index in [0.717, 1.165) is 0 Å². The van der Waals surface area contributed by atoms with Crippen LogP contribution in [0, 0.1) is 5.92 Å². The van der Waals surface area contributed by atoms with Gasteiger partial charge in [-0.15, -0.1) is 0 Å². The van der Waals surface area contributed by atoms with Crippen molar-refractivity contribution in [3.8, 4) is 0 Å². The molecule has 1 aliphatic heterocycles.